The van der Waals surface area contributed by atoms with Crippen LogP contribution < -0.4 is 0 Å². The molecular formula is C13H17ClN2O2S. The van der Waals surface area contributed by atoms with Crippen molar-refractivity contribution in [3.05, 3.63) is 24.3 Å². The number of fused-ring (bicyclic) bond motifs is 1. The van der Waals surface area contributed by atoms with Crippen molar-refractivity contribution < 1.29 is 9.53 Å². The average Bonchev–Trinajstić information content (AvgIpc) is 2.79. The second-order valence-electron chi connectivity index (χ2n) is 3.92. The van der Waals surface area contributed by atoms with Gasteiger partial charge in [0.05, 0.1) is 23.4 Å². The molecule has 6 heteroatoms. The van der Waals surface area contributed by atoms with Crippen LogP contribution in [0.25, 0.3) is 11.0 Å². The van der Waals surface area contributed by atoms with E-state index < -0.39 is 0 Å². The van der Waals surface area contributed by atoms with Gasteiger partial charge in [0.1, 0.15) is 0 Å². The molecule has 2 aromatic rings. The summed E-state index contributed by atoms with van der Waals surface area (Å²) >= 11 is 1.37. The average molecular weight is 301 g/mol. The van der Waals surface area contributed by atoms with Crippen LogP contribution in [0.1, 0.15) is 19.8 Å². The van der Waals surface area contributed by atoms with Crippen LogP contribution in [0.2, 0.25) is 0 Å². The first-order valence-corrected chi connectivity index (χ1v) is 7.01. The number of unbranched alkanes of at least 4 members (excludes halogenated alkanes) is 1. The zero-order chi connectivity index (χ0) is 12.8. The third kappa shape index (κ3) is 4.76. The van der Waals surface area contributed by atoms with Crippen LogP contribution in [0.3, 0.4) is 0 Å². The van der Waals surface area contributed by atoms with Crippen molar-refractivity contribution in [2.24, 2.45) is 0 Å². The Morgan fingerprint density at radius 1 is 1.42 bits per heavy atom. The van der Waals surface area contributed by atoms with Gasteiger partial charge in [-0.3, -0.25) is 4.79 Å². The SMILES string of the molecule is CCCCOC(=O)CSc1nc2ccccc2[nH]1.Cl. The summed E-state index contributed by atoms with van der Waals surface area (Å²) in [5.74, 6) is 0.109. The van der Waals surface area contributed by atoms with Gasteiger partial charge >= 0.3 is 5.97 Å². The molecule has 0 amide bonds. The van der Waals surface area contributed by atoms with Crippen molar-refractivity contribution in [3.63, 3.8) is 0 Å². The molecule has 0 aliphatic heterocycles. The summed E-state index contributed by atoms with van der Waals surface area (Å²) in [5, 5.41) is 0.753. The number of H-pyrrole nitrogens is 1. The van der Waals surface area contributed by atoms with Crippen LogP contribution in [-0.4, -0.2) is 28.3 Å². The summed E-state index contributed by atoms with van der Waals surface area (Å²) in [4.78, 5) is 19.0. The first-order valence-electron chi connectivity index (χ1n) is 6.02. The number of aromatic nitrogens is 2. The second kappa shape index (κ2) is 8.07. The normalized spacial score (nSPS) is 10.2. The Labute approximate surface area is 122 Å². The van der Waals surface area contributed by atoms with Crippen LogP contribution in [0.15, 0.2) is 29.4 Å². The second-order valence-corrected chi connectivity index (χ2v) is 4.89. The maximum absolute atomic E-state index is 11.4. The molecule has 1 heterocycles. The lowest BCUT2D eigenvalue weighted by molar-refractivity contribution is -0.140. The van der Waals surface area contributed by atoms with Gasteiger partial charge in [-0.05, 0) is 18.6 Å². The number of carbonyl (C=O) groups excluding carboxylic acids is 1. The number of para-hydroxylation sites is 2. The highest BCUT2D eigenvalue weighted by Gasteiger charge is 2.07. The lowest BCUT2D eigenvalue weighted by Crippen LogP contribution is -2.08. The summed E-state index contributed by atoms with van der Waals surface area (Å²) < 4.78 is 5.08. The lowest BCUT2D eigenvalue weighted by Gasteiger charge is -2.01. The van der Waals surface area contributed by atoms with Crippen molar-refractivity contribution >= 4 is 41.2 Å². The van der Waals surface area contributed by atoms with E-state index in [4.69, 9.17) is 4.74 Å². The van der Waals surface area contributed by atoms with E-state index in [1.54, 1.807) is 0 Å². The molecule has 0 saturated heterocycles. The highest BCUT2D eigenvalue weighted by atomic mass is 35.5. The fourth-order valence-corrected chi connectivity index (χ4v) is 2.18. The molecule has 0 spiro atoms. The third-order valence-electron chi connectivity index (χ3n) is 2.46. The van der Waals surface area contributed by atoms with Crippen LogP contribution in [0.4, 0.5) is 0 Å². The number of benzene rings is 1. The van der Waals surface area contributed by atoms with Crippen molar-refractivity contribution in [1.29, 1.82) is 0 Å². The molecule has 0 unspecified atom stereocenters. The topological polar surface area (TPSA) is 55.0 Å². The Morgan fingerprint density at radius 2 is 2.21 bits per heavy atom. The number of halogens is 1. The number of nitrogens with one attached hydrogen (secondary N) is 1. The Morgan fingerprint density at radius 3 is 2.95 bits per heavy atom. The smallest absolute Gasteiger partial charge is 0.316 e. The zero-order valence-corrected chi connectivity index (χ0v) is 12.4. The molecule has 4 nitrogen and oxygen atoms in total. The van der Waals surface area contributed by atoms with Gasteiger partial charge in [0, 0.05) is 0 Å². The van der Waals surface area contributed by atoms with E-state index in [1.807, 2.05) is 24.3 Å². The molecule has 104 valence electrons. The predicted octanol–water partition coefficient (Wildman–Crippen LogP) is 3.42. The molecule has 1 N–H and O–H groups in total. The third-order valence-corrected chi connectivity index (χ3v) is 3.30. The van der Waals surface area contributed by atoms with Crippen molar-refractivity contribution in [3.8, 4) is 0 Å². The van der Waals surface area contributed by atoms with Crippen molar-refractivity contribution in [2.45, 2.75) is 24.9 Å². The first kappa shape index (κ1) is 15.9. The lowest BCUT2D eigenvalue weighted by atomic mass is 10.3. The Hall–Kier alpha value is -1.20. The fourth-order valence-electron chi connectivity index (χ4n) is 1.50. The van der Waals surface area contributed by atoms with E-state index in [-0.39, 0.29) is 18.4 Å². The maximum Gasteiger partial charge on any atom is 0.316 e. The molecule has 0 fully saturated rings. The van der Waals surface area contributed by atoms with Gasteiger partial charge in [-0.15, -0.1) is 12.4 Å². The van der Waals surface area contributed by atoms with Crippen LogP contribution >= 0.6 is 24.2 Å². The van der Waals surface area contributed by atoms with Crippen LogP contribution in [0, 0.1) is 0 Å². The van der Waals surface area contributed by atoms with Gasteiger partial charge in [-0.25, -0.2) is 4.98 Å². The molecule has 0 saturated carbocycles. The summed E-state index contributed by atoms with van der Waals surface area (Å²) in [6.07, 6.45) is 1.95. The number of aromatic amines is 1. The van der Waals surface area contributed by atoms with Crippen molar-refractivity contribution in [2.75, 3.05) is 12.4 Å². The highest BCUT2D eigenvalue weighted by molar-refractivity contribution is 7.99. The van der Waals surface area contributed by atoms with E-state index in [9.17, 15) is 4.79 Å². The predicted molar refractivity (Wildman–Crippen MR) is 79.9 cm³/mol. The molecule has 2 rings (SSSR count). The van der Waals surface area contributed by atoms with E-state index in [0.29, 0.717) is 12.4 Å². The molecule has 1 aromatic carbocycles. The van der Waals surface area contributed by atoms with Gasteiger partial charge in [0.2, 0.25) is 0 Å². The number of nitrogens with zero attached hydrogens (tertiary/aromatic N) is 1. The number of thioether (sulfide) groups is 1. The largest absolute Gasteiger partial charge is 0.465 e. The number of hydrogen-bond donors (Lipinski definition) is 1. The molecule has 0 radical (unpaired) electrons. The molecule has 1 aromatic heterocycles. The number of ether oxygens (including phenoxy) is 1. The minimum Gasteiger partial charge on any atom is -0.465 e. The fraction of sp³-hybridized carbons (Fsp3) is 0.385. The molecular weight excluding hydrogens is 284 g/mol. The summed E-state index contributed by atoms with van der Waals surface area (Å²) in [6.45, 7) is 2.58. The van der Waals surface area contributed by atoms with E-state index in [1.165, 1.54) is 11.8 Å². The molecule has 19 heavy (non-hydrogen) atoms. The Kier molecular flexibility index (Phi) is 6.73. The number of esters is 1. The zero-order valence-electron chi connectivity index (χ0n) is 10.7. The highest BCUT2D eigenvalue weighted by Crippen LogP contribution is 2.19. The Bertz CT molecular complexity index is 497. The van der Waals surface area contributed by atoms with E-state index >= 15 is 0 Å². The number of imidazole rings is 1. The standard InChI is InChI=1S/C13H16N2O2S.ClH/c1-2-3-8-17-12(16)9-18-13-14-10-6-4-5-7-11(10)15-13;/h4-7H,2-3,8-9H2,1H3,(H,14,15);1H. The first-order chi connectivity index (χ1) is 8.79. The monoisotopic (exact) mass is 300 g/mol. The minimum absolute atomic E-state index is 0. The van der Waals surface area contributed by atoms with Gasteiger partial charge in [0.25, 0.3) is 0 Å². The van der Waals surface area contributed by atoms with Gasteiger partial charge < -0.3 is 9.72 Å². The summed E-state index contributed by atoms with van der Waals surface area (Å²) in [7, 11) is 0. The Balaban J connectivity index is 0.00000180. The van der Waals surface area contributed by atoms with Crippen LogP contribution in [-0.2, 0) is 9.53 Å². The number of hydrogen-bond acceptors (Lipinski definition) is 4. The molecule has 0 bridgehead atoms. The number of rotatable bonds is 6. The van der Waals surface area contributed by atoms with Gasteiger partial charge in [-0.1, -0.05) is 37.2 Å². The number of carbonyl (C=O) groups is 1. The molecule has 0 atom stereocenters. The summed E-state index contributed by atoms with van der Waals surface area (Å²) in [5.41, 5.74) is 1.90. The van der Waals surface area contributed by atoms with E-state index in [0.717, 1.165) is 29.0 Å². The quantitative estimate of drug-likeness (QED) is 0.504. The van der Waals surface area contributed by atoms with Crippen LogP contribution in [0.5, 0.6) is 0 Å². The minimum atomic E-state index is -0.186. The molecule has 0 aliphatic carbocycles. The maximum atomic E-state index is 11.4. The van der Waals surface area contributed by atoms with Crippen molar-refractivity contribution in [1.82, 2.24) is 9.97 Å². The van der Waals surface area contributed by atoms with E-state index in [2.05, 4.69) is 16.9 Å². The molecule has 0 aliphatic rings. The van der Waals surface area contributed by atoms with Gasteiger partial charge in [-0.2, -0.15) is 0 Å². The van der Waals surface area contributed by atoms with Gasteiger partial charge in [0.15, 0.2) is 5.16 Å². The summed E-state index contributed by atoms with van der Waals surface area (Å²) in [6, 6.07) is 7.80.